The van der Waals surface area contributed by atoms with Crippen molar-refractivity contribution >= 4 is 40.5 Å². The van der Waals surface area contributed by atoms with Crippen LogP contribution >= 0.6 is 11.6 Å². The van der Waals surface area contributed by atoms with Gasteiger partial charge in [0.1, 0.15) is 6.61 Å². The number of ether oxygens (including phenoxy) is 2. The second kappa shape index (κ2) is 9.22. The van der Waals surface area contributed by atoms with E-state index in [4.69, 9.17) is 21.1 Å². The fraction of sp³-hybridized carbons (Fsp3) is 0.409. The zero-order valence-corrected chi connectivity index (χ0v) is 19.5. The molecule has 1 amide bonds. The normalized spacial score (nSPS) is 16.8. The summed E-state index contributed by atoms with van der Waals surface area (Å²) in [7, 11) is 0. The third-order valence-electron chi connectivity index (χ3n) is 5.24. The molecule has 1 aliphatic rings. The quantitative estimate of drug-likeness (QED) is 0.527. The molecule has 1 aromatic carbocycles. The van der Waals surface area contributed by atoms with Crippen LogP contribution in [0, 0.1) is 0 Å². The van der Waals surface area contributed by atoms with Crippen LogP contribution in [-0.4, -0.2) is 44.8 Å². The Kier molecular flexibility index (Phi) is 6.37. The summed E-state index contributed by atoms with van der Waals surface area (Å²) in [5.41, 5.74) is 0.922. The third kappa shape index (κ3) is 4.85. The zero-order chi connectivity index (χ0) is 23.7. The van der Waals surface area contributed by atoms with E-state index < -0.39 is 12.1 Å². The summed E-state index contributed by atoms with van der Waals surface area (Å²) in [6, 6.07) is 6.44. The largest absolute Gasteiger partial charge is 0.461 e. The van der Waals surface area contributed by atoms with Gasteiger partial charge in [-0.2, -0.15) is 15.0 Å². The molecule has 3 heterocycles. The van der Waals surface area contributed by atoms with Crippen LogP contribution in [0.1, 0.15) is 45.7 Å². The van der Waals surface area contributed by atoms with Gasteiger partial charge in [0.15, 0.2) is 0 Å². The number of amides is 1. The van der Waals surface area contributed by atoms with Crippen LogP contribution in [0.3, 0.4) is 0 Å². The van der Waals surface area contributed by atoms with E-state index >= 15 is 0 Å². The van der Waals surface area contributed by atoms with E-state index in [0.717, 1.165) is 5.39 Å². The molecule has 33 heavy (non-hydrogen) atoms. The number of hydrogen-bond donors (Lipinski definition) is 2. The van der Waals surface area contributed by atoms with Crippen LogP contribution in [0.5, 0.6) is 6.01 Å². The molecular formula is C22H25ClN6O4. The predicted molar refractivity (Wildman–Crippen MR) is 125 cm³/mol. The summed E-state index contributed by atoms with van der Waals surface area (Å²) in [5, 5.41) is 4.50. The highest BCUT2D eigenvalue weighted by Gasteiger charge is 2.36. The maximum absolute atomic E-state index is 12.7. The number of benzene rings is 1. The number of carbonyl (C=O) groups excluding carboxylic acids is 1. The van der Waals surface area contributed by atoms with E-state index in [1.54, 1.807) is 24.3 Å². The zero-order valence-electron chi connectivity index (χ0n) is 18.8. The van der Waals surface area contributed by atoms with Crippen molar-refractivity contribution in [2.24, 2.45) is 0 Å². The molecule has 0 radical (unpaired) electrons. The lowest BCUT2D eigenvalue weighted by molar-refractivity contribution is 0.178. The van der Waals surface area contributed by atoms with Crippen LogP contribution < -0.4 is 20.5 Å². The molecule has 11 heteroatoms. The molecule has 4 rings (SSSR count). The van der Waals surface area contributed by atoms with Crippen molar-refractivity contribution in [2.45, 2.75) is 52.3 Å². The number of fused-ring (bicyclic) bond motifs is 1. The standard InChI is InChI=1S/C22H25ClN6O4/c1-5-15-10-32-22(31)29(15)20-26-19(27-21(28-20)33-11(2)3)24-12(4)16-9-13-8-14(23)6-7-17(13)25-18(16)30/h6-9,11-12,15H,5,10H2,1-4H3,(H,25,30)(H,24,26,27,28)/t12-,15-/m0/s1. The number of hydrogen-bond acceptors (Lipinski definition) is 8. The van der Waals surface area contributed by atoms with Crippen molar-refractivity contribution in [1.29, 1.82) is 0 Å². The summed E-state index contributed by atoms with van der Waals surface area (Å²) < 4.78 is 10.8. The Balaban J connectivity index is 1.69. The molecule has 2 N–H and O–H groups in total. The van der Waals surface area contributed by atoms with Gasteiger partial charge < -0.3 is 19.8 Å². The first kappa shape index (κ1) is 22.8. The predicted octanol–water partition coefficient (Wildman–Crippen LogP) is 4.06. The Bertz CT molecular complexity index is 1250. The Morgan fingerprint density at radius 3 is 2.76 bits per heavy atom. The molecule has 10 nitrogen and oxygen atoms in total. The highest BCUT2D eigenvalue weighted by molar-refractivity contribution is 6.31. The van der Waals surface area contributed by atoms with E-state index in [0.29, 0.717) is 22.5 Å². The summed E-state index contributed by atoms with van der Waals surface area (Å²) in [6.07, 6.45) is -0.0390. The number of cyclic esters (lactones) is 1. The van der Waals surface area contributed by atoms with Gasteiger partial charge >= 0.3 is 12.1 Å². The molecule has 0 unspecified atom stereocenters. The van der Waals surface area contributed by atoms with E-state index in [-0.39, 0.29) is 42.2 Å². The molecule has 174 valence electrons. The van der Waals surface area contributed by atoms with Gasteiger partial charge in [-0.1, -0.05) is 18.5 Å². The van der Waals surface area contributed by atoms with Crippen molar-refractivity contribution in [1.82, 2.24) is 19.9 Å². The van der Waals surface area contributed by atoms with E-state index in [9.17, 15) is 9.59 Å². The van der Waals surface area contributed by atoms with Gasteiger partial charge in [-0.05, 0) is 51.5 Å². The van der Waals surface area contributed by atoms with Crippen LogP contribution in [0.25, 0.3) is 10.9 Å². The first-order chi connectivity index (χ1) is 15.7. The van der Waals surface area contributed by atoms with Crippen molar-refractivity contribution in [3.8, 4) is 6.01 Å². The second-order valence-electron chi connectivity index (χ2n) is 8.07. The SMILES string of the molecule is CC[C@H]1COC(=O)N1c1nc(N[C@@H](C)c2cc3cc(Cl)ccc3[nH]c2=O)nc(OC(C)C)n1. The minimum atomic E-state index is -0.523. The number of anilines is 2. The number of H-pyrrole nitrogens is 1. The molecule has 0 bridgehead atoms. The first-order valence-corrected chi connectivity index (χ1v) is 11.1. The molecule has 0 spiro atoms. The first-order valence-electron chi connectivity index (χ1n) is 10.7. The number of carbonyl (C=O) groups is 1. The van der Waals surface area contributed by atoms with Gasteiger partial charge in [0, 0.05) is 21.5 Å². The minimum Gasteiger partial charge on any atom is -0.461 e. The van der Waals surface area contributed by atoms with Gasteiger partial charge in [-0.15, -0.1) is 0 Å². The number of halogens is 1. The van der Waals surface area contributed by atoms with Crippen molar-refractivity contribution in [3.63, 3.8) is 0 Å². The number of rotatable bonds is 7. The molecular weight excluding hydrogens is 448 g/mol. The van der Waals surface area contributed by atoms with E-state index in [1.807, 2.05) is 27.7 Å². The number of aromatic nitrogens is 4. The van der Waals surface area contributed by atoms with Crippen molar-refractivity contribution in [3.05, 3.63) is 45.2 Å². The molecule has 1 aliphatic heterocycles. The second-order valence-corrected chi connectivity index (χ2v) is 8.51. The van der Waals surface area contributed by atoms with Gasteiger partial charge in [0.05, 0.1) is 18.2 Å². The van der Waals surface area contributed by atoms with Crippen LogP contribution in [0.2, 0.25) is 5.02 Å². The summed E-state index contributed by atoms with van der Waals surface area (Å²) in [6.45, 7) is 7.71. The molecule has 1 fully saturated rings. The Labute approximate surface area is 195 Å². The summed E-state index contributed by atoms with van der Waals surface area (Å²) in [5.74, 6) is 0.298. The highest BCUT2D eigenvalue weighted by Crippen LogP contribution is 2.26. The average molecular weight is 473 g/mol. The smallest absolute Gasteiger partial charge is 0.417 e. The molecule has 0 aliphatic carbocycles. The number of aromatic amines is 1. The van der Waals surface area contributed by atoms with E-state index in [2.05, 4.69) is 25.3 Å². The van der Waals surface area contributed by atoms with Crippen LogP contribution in [0.4, 0.5) is 16.7 Å². The Hall–Kier alpha value is -3.40. The van der Waals surface area contributed by atoms with Crippen molar-refractivity contribution in [2.75, 3.05) is 16.8 Å². The lowest BCUT2D eigenvalue weighted by Gasteiger charge is -2.20. The van der Waals surface area contributed by atoms with Gasteiger partial charge in [-0.25, -0.2) is 9.69 Å². The topological polar surface area (TPSA) is 122 Å². The maximum atomic E-state index is 12.7. The lowest BCUT2D eigenvalue weighted by Crippen LogP contribution is -2.35. The monoisotopic (exact) mass is 472 g/mol. The average Bonchev–Trinajstić information content (AvgIpc) is 3.13. The van der Waals surface area contributed by atoms with Crippen LogP contribution in [-0.2, 0) is 4.74 Å². The third-order valence-corrected chi connectivity index (χ3v) is 5.47. The molecule has 2 atom stereocenters. The maximum Gasteiger partial charge on any atom is 0.417 e. The molecule has 0 saturated carbocycles. The number of nitrogens with zero attached hydrogens (tertiary/aromatic N) is 4. The fourth-order valence-corrected chi connectivity index (χ4v) is 3.76. The van der Waals surface area contributed by atoms with Gasteiger partial charge in [-0.3, -0.25) is 4.79 Å². The van der Waals surface area contributed by atoms with Crippen LogP contribution in [0.15, 0.2) is 29.1 Å². The summed E-state index contributed by atoms with van der Waals surface area (Å²) >= 11 is 6.10. The van der Waals surface area contributed by atoms with E-state index in [1.165, 1.54) is 4.90 Å². The molecule has 2 aromatic heterocycles. The minimum absolute atomic E-state index is 0.0680. The van der Waals surface area contributed by atoms with Gasteiger partial charge in [0.25, 0.3) is 5.56 Å². The number of nitrogens with one attached hydrogen (secondary N) is 2. The molecule has 3 aromatic rings. The molecule has 1 saturated heterocycles. The summed E-state index contributed by atoms with van der Waals surface area (Å²) in [4.78, 5) is 42.3. The Morgan fingerprint density at radius 1 is 1.24 bits per heavy atom. The highest BCUT2D eigenvalue weighted by atomic mass is 35.5. The Morgan fingerprint density at radius 2 is 2.03 bits per heavy atom. The number of pyridine rings is 1. The van der Waals surface area contributed by atoms with Gasteiger partial charge in [0.2, 0.25) is 11.9 Å². The van der Waals surface area contributed by atoms with Crippen molar-refractivity contribution < 1.29 is 14.3 Å². The lowest BCUT2D eigenvalue weighted by atomic mass is 10.1. The fourth-order valence-electron chi connectivity index (χ4n) is 3.58.